The number of allylic oxidation sites excluding steroid dienone is 2. The number of anilines is 1. The van der Waals surface area contributed by atoms with Gasteiger partial charge in [-0.2, -0.15) is 17.6 Å². The summed E-state index contributed by atoms with van der Waals surface area (Å²) >= 11 is 0. The number of carbonyl (C=O) groups excluding carboxylic acids is 2. The molecule has 1 saturated heterocycles. The molecule has 2 aromatic rings. The van der Waals surface area contributed by atoms with Gasteiger partial charge in [-0.25, -0.2) is 18.2 Å². The highest BCUT2D eigenvalue weighted by molar-refractivity contribution is 6.25. The summed E-state index contributed by atoms with van der Waals surface area (Å²) in [4.78, 5) is 36.8. The third-order valence-corrected chi connectivity index (χ3v) is 11.8. The number of nitrogens with one attached hydrogen (secondary N) is 2. The first-order valence-corrected chi connectivity index (χ1v) is 20.6. The van der Waals surface area contributed by atoms with Gasteiger partial charge in [-0.15, -0.1) is 0 Å². The van der Waals surface area contributed by atoms with Crippen LogP contribution in [0.4, 0.5) is 36.4 Å². The maximum absolute atomic E-state index is 15.8. The average Bonchev–Trinajstić information content (AvgIpc) is 3.74. The second kappa shape index (κ2) is 19.7. The van der Waals surface area contributed by atoms with Crippen LogP contribution < -0.4 is 15.4 Å². The van der Waals surface area contributed by atoms with Crippen molar-refractivity contribution in [1.82, 2.24) is 25.1 Å². The number of nitrogens with zero attached hydrogens (tertiary/aromatic N) is 5. The molecule has 0 aromatic heterocycles. The van der Waals surface area contributed by atoms with Crippen molar-refractivity contribution in [3.8, 4) is 5.75 Å². The predicted molar refractivity (Wildman–Crippen MR) is 214 cm³/mol. The van der Waals surface area contributed by atoms with E-state index in [9.17, 15) is 27.9 Å². The Morgan fingerprint density at radius 3 is 2.29 bits per heavy atom. The lowest BCUT2D eigenvalue weighted by Gasteiger charge is -2.48. The molecule has 6 rings (SSSR count). The number of alkyl halides is 5. The summed E-state index contributed by atoms with van der Waals surface area (Å²) in [5.41, 5.74) is -4.99. The number of benzene rings is 2. The number of aliphatic hydroxyl groups is 2. The largest absolute Gasteiger partial charge is 0.509 e. The van der Waals surface area contributed by atoms with Gasteiger partial charge < -0.3 is 30.3 Å². The lowest BCUT2D eigenvalue weighted by Crippen LogP contribution is -2.62. The molecule has 62 heavy (non-hydrogen) atoms. The van der Waals surface area contributed by atoms with Crippen molar-refractivity contribution in [3.63, 3.8) is 0 Å². The SMILES string of the molecule is CCCC(F)(F)c1ccc(NC(=O)C2=C(O)C3(CCCC3)N(C)N(Cc3ccc(OCCN4CCN(CCOCCO)CC4)c(F)c3F)C2=O)c(C2=NCNC(C(F)(F)F)=C2)c1. The van der Waals surface area contributed by atoms with Crippen molar-refractivity contribution >= 4 is 23.2 Å². The molecular formula is C42H52F7N7O6. The van der Waals surface area contributed by atoms with Gasteiger partial charge in [-0.05, 0) is 37.1 Å². The van der Waals surface area contributed by atoms with E-state index in [1.54, 1.807) is 6.92 Å². The maximum Gasteiger partial charge on any atom is 0.431 e. The number of hydrogen-bond acceptors (Lipinski definition) is 11. The second-order valence-corrected chi connectivity index (χ2v) is 15.7. The van der Waals surface area contributed by atoms with E-state index in [4.69, 9.17) is 14.6 Å². The van der Waals surface area contributed by atoms with Crippen LogP contribution in [0, 0.1) is 11.6 Å². The maximum atomic E-state index is 15.8. The van der Waals surface area contributed by atoms with E-state index in [0.29, 0.717) is 32.1 Å². The normalized spacial score (nSPS) is 19.2. The average molecular weight is 884 g/mol. The molecule has 0 unspecified atom stereocenters. The molecule has 340 valence electrons. The minimum atomic E-state index is -4.84. The van der Waals surface area contributed by atoms with Crippen LogP contribution in [0.1, 0.15) is 62.1 Å². The summed E-state index contributed by atoms with van der Waals surface area (Å²) in [5, 5.41) is 27.5. The van der Waals surface area contributed by atoms with Gasteiger partial charge >= 0.3 is 6.18 Å². The molecule has 1 aliphatic carbocycles. The van der Waals surface area contributed by atoms with Gasteiger partial charge in [-0.1, -0.05) is 38.3 Å². The molecule has 4 N–H and O–H groups in total. The first kappa shape index (κ1) is 46.7. The minimum absolute atomic E-state index is 0.0328. The van der Waals surface area contributed by atoms with Gasteiger partial charge in [0.2, 0.25) is 5.82 Å². The van der Waals surface area contributed by atoms with Gasteiger partial charge in [0.05, 0.1) is 43.3 Å². The monoisotopic (exact) mass is 883 g/mol. The Hall–Kier alpha value is -4.76. The van der Waals surface area contributed by atoms with Crippen molar-refractivity contribution in [2.45, 2.75) is 69.6 Å². The Kier molecular flexibility index (Phi) is 14.9. The van der Waals surface area contributed by atoms with E-state index in [2.05, 4.69) is 25.4 Å². The number of likely N-dealkylation sites (N-methyl/N-ethyl adjacent to an activating group) is 1. The number of carbonyl (C=O) groups is 2. The molecule has 0 atom stereocenters. The first-order chi connectivity index (χ1) is 29.5. The number of rotatable bonds is 17. The molecule has 3 aliphatic heterocycles. The van der Waals surface area contributed by atoms with Crippen LogP contribution in [-0.2, 0) is 26.8 Å². The fraction of sp³-hybridized carbons (Fsp3) is 0.548. The van der Waals surface area contributed by atoms with Crippen LogP contribution in [0.25, 0.3) is 0 Å². The fourth-order valence-electron chi connectivity index (χ4n) is 8.26. The Morgan fingerprint density at radius 2 is 1.65 bits per heavy atom. The molecule has 0 radical (unpaired) electrons. The number of piperazine rings is 1. The fourth-order valence-corrected chi connectivity index (χ4v) is 8.26. The van der Waals surface area contributed by atoms with Gasteiger partial charge in [-0.3, -0.25) is 29.4 Å². The van der Waals surface area contributed by atoms with Crippen LogP contribution in [-0.4, -0.2) is 139 Å². The molecule has 4 aliphatic rings. The number of halogens is 7. The Bertz CT molecular complexity index is 2050. The van der Waals surface area contributed by atoms with Crippen LogP contribution in [0.2, 0.25) is 0 Å². The van der Waals surface area contributed by atoms with E-state index in [1.807, 2.05) is 0 Å². The highest BCUT2D eigenvalue weighted by atomic mass is 19.4. The molecule has 20 heteroatoms. The van der Waals surface area contributed by atoms with Crippen LogP contribution in [0.15, 0.2) is 58.4 Å². The van der Waals surface area contributed by atoms with Gasteiger partial charge in [0.25, 0.3) is 17.7 Å². The highest BCUT2D eigenvalue weighted by Crippen LogP contribution is 2.45. The number of amides is 2. The molecule has 2 amide bonds. The Morgan fingerprint density at radius 1 is 0.968 bits per heavy atom. The number of aliphatic hydroxyl groups excluding tert-OH is 2. The Balaban J connectivity index is 1.21. The molecule has 1 spiro atoms. The van der Waals surface area contributed by atoms with Crippen LogP contribution in [0.5, 0.6) is 5.75 Å². The van der Waals surface area contributed by atoms with Gasteiger partial charge in [0.15, 0.2) is 11.6 Å². The van der Waals surface area contributed by atoms with E-state index in [1.165, 1.54) is 24.2 Å². The summed E-state index contributed by atoms with van der Waals surface area (Å²) in [6.07, 6.45) is -2.99. The second-order valence-electron chi connectivity index (χ2n) is 15.7. The number of aliphatic imine (C=N–C) groups is 1. The third-order valence-electron chi connectivity index (χ3n) is 11.8. The molecule has 2 fully saturated rings. The number of hydrazine groups is 1. The molecular weight excluding hydrogens is 831 g/mol. The third kappa shape index (κ3) is 10.2. The zero-order chi connectivity index (χ0) is 44.8. The van der Waals surface area contributed by atoms with E-state index in [-0.39, 0.29) is 67.4 Å². The predicted octanol–water partition coefficient (Wildman–Crippen LogP) is 5.61. The van der Waals surface area contributed by atoms with Crippen molar-refractivity contribution < 1.29 is 60.0 Å². The summed E-state index contributed by atoms with van der Waals surface area (Å²) in [5.74, 6) is -9.18. The summed E-state index contributed by atoms with van der Waals surface area (Å²) in [6.45, 7) is 5.50. The van der Waals surface area contributed by atoms with Gasteiger partial charge in [0, 0.05) is 69.4 Å². The zero-order valence-electron chi connectivity index (χ0n) is 34.6. The first-order valence-electron chi connectivity index (χ1n) is 20.6. The van der Waals surface area contributed by atoms with E-state index >= 15 is 17.6 Å². The summed E-state index contributed by atoms with van der Waals surface area (Å²) in [6, 6.07) is 5.51. The standard InChI is InChI=1S/C42H52F7N7O6/c1-3-10-41(45,46)28-7-8-30(29(23-28)31-24-33(42(47,48)49)51-26-50-31)52-38(59)34-37(58)40(11-4-5-12-40)53(2)56(39(34)60)25-27-6-9-32(36(44)35(27)43)62-21-18-55-15-13-54(14-16-55)17-20-61-22-19-57/h6-9,23-24,51,57-58H,3-5,10-22,25-26H2,1-2H3,(H,52,59). The quantitative estimate of drug-likeness (QED) is 0.0901. The van der Waals surface area contributed by atoms with Crippen molar-refractivity contribution in [3.05, 3.63) is 81.8 Å². The molecule has 3 heterocycles. The summed E-state index contributed by atoms with van der Waals surface area (Å²) < 4.78 is 114. The van der Waals surface area contributed by atoms with Crippen molar-refractivity contribution in [2.75, 3.05) is 84.7 Å². The van der Waals surface area contributed by atoms with Gasteiger partial charge in [0.1, 0.15) is 30.3 Å². The van der Waals surface area contributed by atoms with Crippen LogP contribution >= 0.6 is 0 Å². The lowest BCUT2D eigenvalue weighted by atomic mass is 9.88. The number of hydrogen-bond donors (Lipinski definition) is 4. The van der Waals surface area contributed by atoms with E-state index in [0.717, 1.165) is 55.9 Å². The van der Waals surface area contributed by atoms with Crippen molar-refractivity contribution in [1.29, 1.82) is 0 Å². The topological polar surface area (TPSA) is 142 Å². The highest BCUT2D eigenvalue weighted by Gasteiger charge is 2.53. The van der Waals surface area contributed by atoms with Crippen LogP contribution in [0.3, 0.4) is 0 Å². The molecule has 0 bridgehead atoms. The molecule has 1 saturated carbocycles. The summed E-state index contributed by atoms with van der Waals surface area (Å²) in [7, 11) is 1.48. The Labute approximate surface area is 354 Å². The smallest absolute Gasteiger partial charge is 0.431 e. The molecule has 13 nitrogen and oxygen atoms in total. The van der Waals surface area contributed by atoms with Crippen molar-refractivity contribution in [2.24, 2.45) is 4.99 Å². The number of ether oxygens (including phenoxy) is 2. The minimum Gasteiger partial charge on any atom is -0.509 e. The zero-order valence-corrected chi connectivity index (χ0v) is 34.6. The van der Waals surface area contributed by atoms with E-state index < -0.39 is 83.3 Å². The lowest BCUT2D eigenvalue weighted by molar-refractivity contribution is -0.162. The molecule has 2 aromatic carbocycles.